The molecule has 1 atom stereocenters. The Labute approximate surface area is 164 Å². The monoisotopic (exact) mass is 401 g/mol. The van der Waals surface area contributed by atoms with E-state index in [-0.39, 0.29) is 24.0 Å². The lowest BCUT2D eigenvalue weighted by molar-refractivity contribution is -0.138. The number of carbonyl (C=O) groups excluding carboxylic acids is 1. The van der Waals surface area contributed by atoms with Gasteiger partial charge in [0.1, 0.15) is 23.4 Å². The largest absolute Gasteiger partial charge is 0.488 e. The first kappa shape index (κ1) is 19.6. The summed E-state index contributed by atoms with van der Waals surface area (Å²) < 4.78 is 18.7. The number of carboxylic acid groups (broad SMARTS) is 1. The van der Waals surface area contributed by atoms with Crippen molar-refractivity contribution in [1.82, 2.24) is 5.32 Å². The van der Waals surface area contributed by atoms with Gasteiger partial charge in [-0.1, -0.05) is 36.0 Å². The Morgan fingerprint density at radius 2 is 2.00 bits per heavy atom. The highest BCUT2D eigenvalue weighted by atomic mass is 32.2. The van der Waals surface area contributed by atoms with Crippen LogP contribution in [0.4, 0.5) is 4.39 Å². The van der Waals surface area contributed by atoms with Gasteiger partial charge in [0.25, 0.3) is 0 Å². The van der Waals surface area contributed by atoms with Gasteiger partial charge in [-0.3, -0.25) is 9.59 Å². The fourth-order valence-electron chi connectivity index (χ4n) is 2.35. The summed E-state index contributed by atoms with van der Waals surface area (Å²) in [4.78, 5) is 22.4. The van der Waals surface area contributed by atoms with E-state index in [2.05, 4.69) is 15.5 Å². The summed E-state index contributed by atoms with van der Waals surface area (Å²) in [6.45, 7) is 0.266. The maximum Gasteiger partial charge on any atom is 0.305 e. The predicted molar refractivity (Wildman–Crippen MR) is 104 cm³/mol. The number of nitrogens with zero attached hydrogens (tertiary/aromatic N) is 2. The zero-order valence-electron chi connectivity index (χ0n) is 14.5. The van der Waals surface area contributed by atoms with E-state index < -0.39 is 17.1 Å². The summed E-state index contributed by atoms with van der Waals surface area (Å²) in [5, 5.41) is 18.7. The van der Waals surface area contributed by atoms with Gasteiger partial charge in [-0.15, -0.1) is 5.10 Å². The molecular weight excluding hydrogens is 385 g/mol. The minimum atomic E-state index is -1.05. The number of hydrogen-bond acceptors (Lipinski definition) is 6. The second-order valence-electron chi connectivity index (χ2n) is 5.80. The lowest BCUT2D eigenvalue weighted by atomic mass is 10.2. The number of para-hydroxylation sites is 1. The highest BCUT2D eigenvalue weighted by Crippen LogP contribution is 2.22. The smallest absolute Gasteiger partial charge is 0.305 e. The number of hydrogen-bond donors (Lipinski definition) is 2. The quantitative estimate of drug-likeness (QED) is 0.549. The van der Waals surface area contributed by atoms with Crippen LogP contribution in [-0.2, 0) is 16.2 Å². The Balaban J connectivity index is 1.63. The van der Waals surface area contributed by atoms with Crippen molar-refractivity contribution in [1.29, 1.82) is 0 Å². The molecule has 144 valence electrons. The SMILES string of the molecule is O=C(O)CC1S/C(=N/N=Cc2ccccc2OCc2ccc(F)cc2)NC1=O. The fourth-order valence-corrected chi connectivity index (χ4v) is 3.26. The Morgan fingerprint density at radius 1 is 1.25 bits per heavy atom. The molecule has 1 fully saturated rings. The Morgan fingerprint density at radius 3 is 2.75 bits per heavy atom. The van der Waals surface area contributed by atoms with Gasteiger partial charge < -0.3 is 15.2 Å². The molecule has 28 heavy (non-hydrogen) atoms. The number of ether oxygens (including phenoxy) is 1. The van der Waals surface area contributed by atoms with Gasteiger partial charge in [0.05, 0.1) is 12.6 Å². The molecule has 3 rings (SSSR count). The second kappa shape index (κ2) is 9.14. The molecule has 1 saturated heterocycles. The molecule has 1 heterocycles. The number of halogens is 1. The molecular formula is C19H16FN3O4S. The van der Waals surface area contributed by atoms with Crippen LogP contribution in [0.5, 0.6) is 5.75 Å². The third-order valence-corrected chi connectivity index (χ3v) is 4.78. The van der Waals surface area contributed by atoms with E-state index >= 15 is 0 Å². The van der Waals surface area contributed by atoms with Crippen LogP contribution in [-0.4, -0.2) is 33.6 Å². The lowest BCUT2D eigenvalue weighted by Crippen LogP contribution is -2.26. The first-order chi connectivity index (χ1) is 13.5. The van der Waals surface area contributed by atoms with Crippen molar-refractivity contribution < 1.29 is 23.8 Å². The fraction of sp³-hybridized carbons (Fsp3) is 0.158. The number of amides is 1. The van der Waals surface area contributed by atoms with Crippen molar-refractivity contribution >= 4 is 35.0 Å². The topological polar surface area (TPSA) is 100 Å². The van der Waals surface area contributed by atoms with Crippen LogP contribution in [0, 0.1) is 5.82 Å². The number of nitrogens with one attached hydrogen (secondary N) is 1. The van der Waals surface area contributed by atoms with Gasteiger partial charge in [0.2, 0.25) is 5.91 Å². The Hall–Kier alpha value is -3.20. The van der Waals surface area contributed by atoms with Crippen LogP contribution in [0.3, 0.4) is 0 Å². The molecule has 2 N–H and O–H groups in total. The van der Waals surface area contributed by atoms with E-state index in [0.29, 0.717) is 11.3 Å². The normalized spacial score (nSPS) is 17.8. The molecule has 1 aliphatic heterocycles. The van der Waals surface area contributed by atoms with Crippen molar-refractivity contribution in [3.63, 3.8) is 0 Å². The maximum atomic E-state index is 13.0. The molecule has 7 nitrogen and oxygen atoms in total. The first-order valence-electron chi connectivity index (χ1n) is 8.28. The van der Waals surface area contributed by atoms with Gasteiger partial charge in [0, 0.05) is 5.56 Å². The minimum absolute atomic E-state index is 0.247. The molecule has 1 amide bonds. The van der Waals surface area contributed by atoms with E-state index in [1.807, 2.05) is 12.1 Å². The highest BCUT2D eigenvalue weighted by molar-refractivity contribution is 8.15. The van der Waals surface area contributed by atoms with Gasteiger partial charge in [-0.25, -0.2) is 4.39 Å². The third-order valence-electron chi connectivity index (χ3n) is 3.71. The van der Waals surface area contributed by atoms with E-state index in [9.17, 15) is 14.0 Å². The zero-order chi connectivity index (χ0) is 19.9. The second-order valence-corrected chi connectivity index (χ2v) is 6.99. The number of rotatable bonds is 7. The molecule has 9 heteroatoms. The van der Waals surface area contributed by atoms with E-state index in [1.165, 1.54) is 18.3 Å². The summed E-state index contributed by atoms with van der Waals surface area (Å²) in [6, 6.07) is 13.2. The standard InChI is InChI=1S/C19H16FN3O4S/c20-14-7-5-12(6-8-14)11-27-15-4-2-1-3-13(15)10-21-23-19-22-18(26)16(28-19)9-17(24)25/h1-8,10,16H,9,11H2,(H,24,25)(H,22,23,26). The Kier molecular flexibility index (Phi) is 6.38. The van der Waals surface area contributed by atoms with Crippen LogP contribution in [0.25, 0.3) is 0 Å². The molecule has 0 bridgehead atoms. The van der Waals surface area contributed by atoms with Crippen LogP contribution in [0.1, 0.15) is 17.5 Å². The Bertz CT molecular complexity index is 931. The molecule has 0 aliphatic carbocycles. The van der Waals surface area contributed by atoms with Gasteiger partial charge in [0.15, 0.2) is 5.17 Å². The van der Waals surface area contributed by atoms with E-state index in [4.69, 9.17) is 9.84 Å². The number of benzene rings is 2. The number of thioether (sulfide) groups is 1. The molecule has 2 aromatic rings. The molecule has 2 aromatic carbocycles. The van der Waals surface area contributed by atoms with Crippen LogP contribution in [0.2, 0.25) is 0 Å². The summed E-state index contributed by atoms with van der Waals surface area (Å²) in [7, 11) is 0. The van der Waals surface area contributed by atoms with E-state index in [0.717, 1.165) is 17.3 Å². The summed E-state index contributed by atoms with van der Waals surface area (Å²) >= 11 is 1.03. The lowest BCUT2D eigenvalue weighted by Gasteiger charge is -2.08. The van der Waals surface area contributed by atoms with Crippen molar-refractivity contribution in [2.75, 3.05) is 0 Å². The molecule has 0 saturated carbocycles. The van der Waals surface area contributed by atoms with Crippen molar-refractivity contribution in [2.24, 2.45) is 10.2 Å². The number of carboxylic acids is 1. The molecule has 1 aliphatic rings. The zero-order valence-corrected chi connectivity index (χ0v) is 15.4. The predicted octanol–water partition coefficient (Wildman–Crippen LogP) is 2.80. The molecule has 0 aromatic heterocycles. The molecule has 1 unspecified atom stereocenters. The maximum absolute atomic E-state index is 13.0. The average Bonchev–Trinajstić information content (AvgIpc) is 3.01. The van der Waals surface area contributed by atoms with Crippen LogP contribution >= 0.6 is 11.8 Å². The van der Waals surface area contributed by atoms with Crippen LogP contribution in [0.15, 0.2) is 58.7 Å². The van der Waals surface area contributed by atoms with E-state index in [1.54, 1.807) is 24.3 Å². The van der Waals surface area contributed by atoms with Crippen LogP contribution < -0.4 is 10.1 Å². The molecule has 0 radical (unpaired) electrons. The molecule has 0 spiro atoms. The third kappa shape index (κ3) is 5.40. The average molecular weight is 401 g/mol. The van der Waals surface area contributed by atoms with Crippen molar-refractivity contribution in [2.45, 2.75) is 18.3 Å². The van der Waals surface area contributed by atoms with Gasteiger partial charge >= 0.3 is 5.97 Å². The first-order valence-corrected chi connectivity index (χ1v) is 9.16. The number of carbonyl (C=O) groups is 2. The van der Waals surface area contributed by atoms with Gasteiger partial charge in [-0.2, -0.15) is 5.10 Å². The van der Waals surface area contributed by atoms with Crippen molar-refractivity contribution in [3.8, 4) is 5.75 Å². The van der Waals surface area contributed by atoms with Crippen molar-refractivity contribution in [3.05, 3.63) is 65.5 Å². The summed E-state index contributed by atoms with van der Waals surface area (Å²) in [6.07, 6.45) is 1.20. The minimum Gasteiger partial charge on any atom is -0.488 e. The number of aliphatic carboxylic acids is 1. The van der Waals surface area contributed by atoms with Gasteiger partial charge in [-0.05, 0) is 29.8 Å². The number of amidine groups is 1. The summed E-state index contributed by atoms with van der Waals surface area (Å²) in [5.41, 5.74) is 1.49. The highest BCUT2D eigenvalue weighted by Gasteiger charge is 2.32. The summed E-state index contributed by atoms with van der Waals surface area (Å²) in [5.74, 6) is -1.19.